The van der Waals surface area contributed by atoms with Crippen LogP contribution in [0.15, 0.2) is 59.8 Å². The highest BCUT2D eigenvalue weighted by Crippen LogP contribution is 2.38. The highest BCUT2D eigenvalue weighted by atomic mass is 32.2. The Kier molecular flexibility index (Phi) is 8.43. The second-order valence-corrected chi connectivity index (χ2v) is 10.6. The number of fused-ring (bicyclic) bond motifs is 1. The smallest absolute Gasteiger partial charge is 0.162 e. The first-order valence-electron chi connectivity index (χ1n) is 13.4. The zero-order valence-electron chi connectivity index (χ0n) is 23.0. The van der Waals surface area contributed by atoms with Crippen molar-refractivity contribution >= 4 is 34.3 Å². The summed E-state index contributed by atoms with van der Waals surface area (Å²) in [5.74, 6) is 2.97. The first kappa shape index (κ1) is 27.1. The van der Waals surface area contributed by atoms with Crippen LogP contribution in [0.25, 0.3) is 16.7 Å². The third-order valence-electron chi connectivity index (χ3n) is 7.26. The van der Waals surface area contributed by atoms with E-state index >= 15 is 0 Å². The van der Waals surface area contributed by atoms with Crippen molar-refractivity contribution in [3.8, 4) is 22.9 Å². The fraction of sp³-hybridized carbons (Fsp3) is 0.355. The van der Waals surface area contributed by atoms with E-state index in [1.165, 1.54) is 0 Å². The Morgan fingerprint density at radius 1 is 1.13 bits per heavy atom. The van der Waals surface area contributed by atoms with E-state index in [2.05, 4.69) is 9.88 Å². The molecule has 1 fully saturated rings. The van der Waals surface area contributed by atoms with Gasteiger partial charge in [-0.2, -0.15) is 0 Å². The summed E-state index contributed by atoms with van der Waals surface area (Å²) < 4.78 is 19.5. The number of hydrogen-bond donors (Lipinski definition) is 1. The van der Waals surface area contributed by atoms with E-state index in [4.69, 9.17) is 19.2 Å². The lowest BCUT2D eigenvalue weighted by molar-refractivity contribution is 0.0699. The average Bonchev–Trinajstić information content (AvgIpc) is 3.40. The Balaban J connectivity index is 1.55. The number of carbonyl (C=O) groups excluding carboxylic acids is 1. The highest BCUT2D eigenvalue weighted by molar-refractivity contribution is 7.98. The van der Waals surface area contributed by atoms with Crippen molar-refractivity contribution in [1.29, 1.82) is 0 Å². The van der Waals surface area contributed by atoms with Gasteiger partial charge in [-0.15, -0.1) is 11.8 Å². The summed E-state index contributed by atoms with van der Waals surface area (Å²) in [7, 11) is 1.66. The number of Topliss-reactive ketones (excluding diaryl/α,β-unsaturated/α-hetero) is 1. The topological polar surface area (TPSA) is 74.6 Å². The van der Waals surface area contributed by atoms with Crippen molar-refractivity contribution in [1.82, 2.24) is 9.55 Å². The Hall–Kier alpha value is -3.49. The minimum atomic E-state index is 0.147. The van der Waals surface area contributed by atoms with E-state index in [1.54, 1.807) is 18.9 Å². The van der Waals surface area contributed by atoms with E-state index in [9.17, 15) is 4.79 Å². The van der Waals surface area contributed by atoms with Gasteiger partial charge in [-0.25, -0.2) is 4.98 Å². The number of nitrogens with zero attached hydrogens (tertiary/aromatic N) is 2. The predicted molar refractivity (Wildman–Crippen MR) is 157 cm³/mol. The number of rotatable bonds is 10. The van der Waals surface area contributed by atoms with Gasteiger partial charge in [0, 0.05) is 49.6 Å². The molecule has 8 heteroatoms. The van der Waals surface area contributed by atoms with Gasteiger partial charge >= 0.3 is 0 Å². The summed E-state index contributed by atoms with van der Waals surface area (Å²) in [5, 5.41) is 3.66. The maximum absolute atomic E-state index is 12.3. The zero-order valence-corrected chi connectivity index (χ0v) is 23.8. The van der Waals surface area contributed by atoms with Crippen LogP contribution in [0.1, 0.15) is 42.1 Å². The molecule has 1 aliphatic heterocycles. The molecule has 7 nitrogen and oxygen atoms in total. The van der Waals surface area contributed by atoms with Crippen molar-refractivity contribution in [3.05, 3.63) is 66.0 Å². The van der Waals surface area contributed by atoms with Crippen molar-refractivity contribution in [3.63, 3.8) is 0 Å². The number of aryl methyl sites for hydroxylation is 1. The first-order chi connectivity index (χ1) is 19.0. The maximum atomic E-state index is 12.3. The van der Waals surface area contributed by atoms with Gasteiger partial charge in [-0.1, -0.05) is 6.92 Å². The maximum Gasteiger partial charge on any atom is 0.162 e. The van der Waals surface area contributed by atoms with Crippen LogP contribution in [-0.4, -0.2) is 48.5 Å². The molecule has 0 aliphatic carbocycles. The fourth-order valence-corrected chi connectivity index (χ4v) is 5.53. The minimum Gasteiger partial charge on any atom is -0.497 e. The molecule has 0 bridgehead atoms. The Labute approximate surface area is 233 Å². The van der Waals surface area contributed by atoms with Gasteiger partial charge in [0.25, 0.3) is 0 Å². The zero-order chi connectivity index (χ0) is 27.4. The number of aromatic nitrogens is 2. The number of nitrogens with one attached hydrogen (secondary N) is 1. The standard InChI is InChI=1S/C31H35N3O4S/c1-5-28(35)25-8-6-22(14-20(25)2)34-19-33-31-26(32-18-21-10-12-37-13-11-21)15-24(16-27(31)34)38-29-9-7-23(36-3)17-30(29)39-4/h6-9,14-17,19,21,32H,5,10-13,18H2,1-4H3. The predicted octanol–water partition coefficient (Wildman–Crippen LogP) is 7.29. The number of anilines is 1. The summed E-state index contributed by atoms with van der Waals surface area (Å²) >= 11 is 1.61. The number of ketones is 1. The number of hydrogen-bond acceptors (Lipinski definition) is 7. The van der Waals surface area contributed by atoms with Gasteiger partial charge in [0.05, 0.1) is 23.2 Å². The van der Waals surface area contributed by atoms with Gasteiger partial charge in [0.2, 0.25) is 0 Å². The van der Waals surface area contributed by atoms with E-state index < -0.39 is 0 Å². The molecule has 1 aliphatic rings. The normalized spacial score (nSPS) is 13.9. The van der Waals surface area contributed by atoms with Gasteiger partial charge in [-0.3, -0.25) is 9.36 Å². The number of methoxy groups -OCH3 is 1. The molecular formula is C31H35N3O4S. The molecule has 5 rings (SSSR count). The van der Waals surface area contributed by atoms with Crippen LogP contribution in [-0.2, 0) is 4.74 Å². The minimum absolute atomic E-state index is 0.147. The van der Waals surface area contributed by atoms with Gasteiger partial charge in [-0.05, 0) is 73.9 Å². The van der Waals surface area contributed by atoms with E-state index in [0.29, 0.717) is 18.1 Å². The molecule has 0 radical (unpaired) electrons. The Morgan fingerprint density at radius 3 is 2.67 bits per heavy atom. The van der Waals surface area contributed by atoms with Crippen LogP contribution in [0, 0.1) is 12.8 Å². The number of ether oxygens (including phenoxy) is 3. The summed E-state index contributed by atoms with van der Waals surface area (Å²) in [4.78, 5) is 18.1. The molecule has 204 valence electrons. The lowest BCUT2D eigenvalue weighted by atomic mass is 10.0. The number of imidazole rings is 1. The fourth-order valence-electron chi connectivity index (χ4n) is 4.98. The third-order valence-corrected chi connectivity index (χ3v) is 8.01. The summed E-state index contributed by atoms with van der Waals surface area (Å²) in [6.45, 7) is 6.34. The summed E-state index contributed by atoms with van der Waals surface area (Å²) in [6, 6.07) is 15.8. The molecule has 4 aromatic rings. The van der Waals surface area contributed by atoms with E-state index in [-0.39, 0.29) is 5.78 Å². The lowest BCUT2D eigenvalue weighted by Gasteiger charge is -2.23. The highest BCUT2D eigenvalue weighted by Gasteiger charge is 2.18. The number of thioether (sulfide) groups is 1. The monoisotopic (exact) mass is 545 g/mol. The Bertz CT molecular complexity index is 1480. The molecular weight excluding hydrogens is 510 g/mol. The second kappa shape index (κ2) is 12.1. The van der Waals surface area contributed by atoms with E-state index in [0.717, 1.165) is 82.5 Å². The molecule has 0 amide bonds. The summed E-state index contributed by atoms with van der Waals surface area (Å²) in [5.41, 5.74) is 5.40. The SMILES string of the molecule is CCC(=O)c1ccc(-n2cnc3c(NCC4CCOCC4)cc(Oc4ccc(OC)cc4SC)cc32)cc1C. The quantitative estimate of drug-likeness (QED) is 0.166. The summed E-state index contributed by atoms with van der Waals surface area (Å²) in [6.07, 6.45) is 6.44. The van der Waals surface area contributed by atoms with Crippen molar-refractivity contribution < 1.29 is 19.0 Å². The Morgan fingerprint density at radius 2 is 1.95 bits per heavy atom. The first-order valence-corrected chi connectivity index (χ1v) is 14.6. The second-order valence-electron chi connectivity index (χ2n) is 9.78. The van der Waals surface area contributed by atoms with Crippen molar-refractivity contribution in [2.45, 2.75) is 38.0 Å². The average molecular weight is 546 g/mol. The number of benzene rings is 3. The molecule has 0 unspecified atom stereocenters. The molecule has 0 spiro atoms. The largest absolute Gasteiger partial charge is 0.497 e. The van der Waals surface area contributed by atoms with Crippen molar-refractivity contribution in [2.24, 2.45) is 5.92 Å². The molecule has 3 aromatic carbocycles. The molecule has 0 saturated carbocycles. The molecule has 2 heterocycles. The van der Waals surface area contributed by atoms with Crippen LogP contribution >= 0.6 is 11.8 Å². The van der Waals surface area contributed by atoms with E-state index in [1.807, 2.05) is 75.0 Å². The molecule has 1 aromatic heterocycles. The molecule has 0 atom stereocenters. The van der Waals surface area contributed by atoms with Crippen LogP contribution in [0.5, 0.6) is 17.2 Å². The molecule has 1 N–H and O–H groups in total. The lowest BCUT2D eigenvalue weighted by Crippen LogP contribution is -2.22. The van der Waals surface area contributed by atoms with Crippen LogP contribution in [0.3, 0.4) is 0 Å². The van der Waals surface area contributed by atoms with Crippen LogP contribution in [0.4, 0.5) is 5.69 Å². The molecule has 1 saturated heterocycles. The van der Waals surface area contributed by atoms with Gasteiger partial charge in [0.1, 0.15) is 29.1 Å². The molecule has 39 heavy (non-hydrogen) atoms. The van der Waals surface area contributed by atoms with Gasteiger partial charge < -0.3 is 19.5 Å². The van der Waals surface area contributed by atoms with Crippen LogP contribution < -0.4 is 14.8 Å². The van der Waals surface area contributed by atoms with Crippen molar-refractivity contribution in [2.75, 3.05) is 38.4 Å². The van der Waals surface area contributed by atoms with Gasteiger partial charge in [0.15, 0.2) is 5.78 Å². The third kappa shape index (κ3) is 5.92. The number of carbonyl (C=O) groups is 1. The van der Waals surface area contributed by atoms with Crippen LogP contribution in [0.2, 0.25) is 0 Å².